The van der Waals surface area contributed by atoms with Crippen molar-refractivity contribution in [2.45, 2.75) is 25.7 Å². The molecule has 0 unspecified atom stereocenters. The number of rotatable bonds is 0. The van der Waals surface area contributed by atoms with E-state index in [1.54, 1.807) is 12.1 Å². The van der Waals surface area contributed by atoms with Gasteiger partial charge in [-0.05, 0) is 48.3 Å². The minimum atomic E-state index is 0.401. The van der Waals surface area contributed by atoms with Crippen molar-refractivity contribution in [1.82, 2.24) is 0 Å². The van der Waals surface area contributed by atoms with Crippen LogP contribution in [0.15, 0.2) is 36.4 Å². The van der Waals surface area contributed by atoms with Crippen molar-refractivity contribution in [2.75, 3.05) is 0 Å². The zero-order chi connectivity index (χ0) is 15.4. The Labute approximate surface area is 129 Å². The van der Waals surface area contributed by atoms with E-state index >= 15 is 0 Å². The van der Waals surface area contributed by atoms with Crippen molar-refractivity contribution in [1.29, 1.82) is 0 Å². The lowest BCUT2D eigenvalue weighted by Gasteiger charge is -2.00. The Bertz CT molecular complexity index is 830. The van der Waals surface area contributed by atoms with Crippen molar-refractivity contribution in [3.05, 3.63) is 57.3 Å². The molecule has 0 bridgehead atoms. The first-order valence-electron chi connectivity index (χ1n) is 7.72. The first kappa shape index (κ1) is 14.5. The maximum absolute atomic E-state index is 9.41. The normalized spacial score (nSPS) is 14.5. The van der Waals surface area contributed by atoms with E-state index in [0.29, 0.717) is 11.5 Å². The molecule has 4 rings (SSSR count). The average molecular weight is 292 g/mol. The van der Waals surface area contributed by atoms with Gasteiger partial charge < -0.3 is 10.2 Å². The molecule has 0 saturated heterocycles. The molecule has 112 valence electrons. The molecule has 2 heteroatoms. The Morgan fingerprint density at radius 1 is 0.545 bits per heavy atom. The van der Waals surface area contributed by atoms with E-state index in [-0.39, 0.29) is 0 Å². The summed E-state index contributed by atoms with van der Waals surface area (Å²) in [5.74, 6) is 0.803. The molecule has 2 aromatic carbocycles. The van der Waals surface area contributed by atoms with Gasteiger partial charge in [0.25, 0.3) is 0 Å². The van der Waals surface area contributed by atoms with E-state index in [2.05, 4.69) is 24.3 Å². The summed E-state index contributed by atoms with van der Waals surface area (Å²) in [4.78, 5) is 0. The second kappa shape index (κ2) is 6.52. The number of hydrogen-bond donors (Lipinski definition) is 2. The highest BCUT2D eigenvalue weighted by Gasteiger charge is 1.96. The van der Waals surface area contributed by atoms with Gasteiger partial charge in [-0.1, -0.05) is 48.6 Å². The van der Waals surface area contributed by atoms with Crippen LogP contribution in [-0.2, 0) is 0 Å². The lowest BCUT2D eigenvalue weighted by Crippen LogP contribution is -2.26. The number of hydrogen-bond acceptors (Lipinski definition) is 2. The van der Waals surface area contributed by atoms with Crippen LogP contribution < -0.4 is 20.9 Å². The van der Waals surface area contributed by atoms with E-state index < -0.39 is 0 Å². The zero-order valence-corrected chi connectivity index (χ0v) is 12.5. The first-order valence-corrected chi connectivity index (χ1v) is 7.72. The minimum absolute atomic E-state index is 0.401. The van der Waals surface area contributed by atoms with Crippen molar-refractivity contribution >= 4 is 24.3 Å². The lowest BCUT2D eigenvalue weighted by atomic mass is 10.1. The van der Waals surface area contributed by atoms with Crippen LogP contribution in [0.4, 0.5) is 0 Å². The molecule has 0 heterocycles. The lowest BCUT2D eigenvalue weighted by molar-refractivity contribution is 0.469. The van der Waals surface area contributed by atoms with Crippen molar-refractivity contribution in [3.63, 3.8) is 0 Å². The highest BCUT2D eigenvalue weighted by Crippen LogP contribution is 2.01. The standard InChI is InChI=1S/2C10H10O/c2*11-10-7-3-5-8-4-1-2-6-9(8)10/h2*3-7,11H,1-2H2. The van der Waals surface area contributed by atoms with Crippen LogP contribution >= 0.6 is 0 Å². The maximum Gasteiger partial charge on any atom is 0.123 e. The van der Waals surface area contributed by atoms with Crippen molar-refractivity contribution in [3.8, 4) is 11.5 Å². The van der Waals surface area contributed by atoms with Gasteiger partial charge in [0.1, 0.15) is 11.5 Å². The molecule has 2 aromatic rings. The van der Waals surface area contributed by atoms with Gasteiger partial charge in [-0.25, -0.2) is 0 Å². The van der Waals surface area contributed by atoms with E-state index in [0.717, 1.165) is 46.6 Å². The molecule has 0 amide bonds. The summed E-state index contributed by atoms with van der Waals surface area (Å²) in [5, 5.41) is 23.1. The third-order valence-electron chi connectivity index (χ3n) is 3.99. The molecule has 0 radical (unpaired) electrons. The van der Waals surface area contributed by atoms with E-state index in [1.165, 1.54) is 0 Å². The largest absolute Gasteiger partial charge is 0.507 e. The SMILES string of the molecule is Oc1cccc2c1=CCCC=2.Oc1cccc2c1=CCCC=2. The fraction of sp³-hybridized carbons (Fsp3) is 0.200. The molecule has 2 aliphatic carbocycles. The molecule has 0 spiro atoms. The fourth-order valence-corrected chi connectivity index (χ4v) is 2.87. The van der Waals surface area contributed by atoms with Crippen LogP contribution in [0.25, 0.3) is 24.3 Å². The predicted octanol–water partition coefficient (Wildman–Crippen LogP) is 1.49. The zero-order valence-electron chi connectivity index (χ0n) is 12.5. The highest BCUT2D eigenvalue weighted by molar-refractivity contribution is 5.43. The molecule has 22 heavy (non-hydrogen) atoms. The quantitative estimate of drug-likeness (QED) is 0.772. The summed E-state index contributed by atoms with van der Waals surface area (Å²) < 4.78 is 0. The van der Waals surface area contributed by atoms with Crippen LogP contribution in [0.5, 0.6) is 11.5 Å². The van der Waals surface area contributed by atoms with Crippen LogP contribution in [0.1, 0.15) is 25.7 Å². The fourth-order valence-electron chi connectivity index (χ4n) is 2.87. The summed E-state index contributed by atoms with van der Waals surface area (Å²) in [5.41, 5.74) is 0. The molecule has 0 fully saturated rings. The monoisotopic (exact) mass is 292 g/mol. The molecule has 0 saturated carbocycles. The minimum Gasteiger partial charge on any atom is -0.507 e. The van der Waals surface area contributed by atoms with Gasteiger partial charge in [0, 0.05) is 10.4 Å². The van der Waals surface area contributed by atoms with Gasteiger partial charge in [-0.3, -0.25) is 0 Å². The van der Waals surface area contributed by atoms with Crippen LogP contribution in [0.3, 0.4) is 0 Å². The maximum atomic E-state index is 9.41. The van der Waals surface area contributed by atoms with Gasteiger partial charge in [-0.2, -0.15) is 0 Å². The van der Waals surface area contributed by atoms with Crippen LogP contribution in [0.2, 0.25) is 0 Å². The highest BCUT2D eigenvalue weighted by atomic mass is 16.3. The first-order chi connectivity index (χ1) is 10.8. The van der Waals surface area contributed by atoms with Gasteiger partial charge in [0.15, 0.2) is 0 Å². The number of aromatic hydroxyl groups is 2. The number of fused-ring (bicyclic) bond motifs is 2. The second-order valence-electron chi connectivity index (χ2n) is 5.53. The van der Waals surface area contributed by atoms with E-state index in [1.807, 2.05) is 24.3 Å². The number of phenols is 2. The Morgan fingerprint density at radius 2 is 0.955 bits per heavy atom. The molecule has 2 nitrogen and oxygen atoms in total. The summed E-state index contributed by atoms with van der Waals surface area (Å²) in [6.07, 6.45) is 12.8. The average Bonchev–Trinajstić information content (AvgIpc) is 2.57. The molecule has 2 aliphatic rings. The van der Waals surface area contributed by atoms with Crippen molar-refractivity contribution < 1.29 is 10.2 Å². The molecular formula is C20H20O2. The third kappa shape index (κ3) is 3.06. The molecular weight excluding hydrogens is 272 g/mol. The number of phenolic OH excluding ortho intramolecular Hbond substituents is 2. The van der Waals surface area contributed by atoms with Crippen LogP contribution in [-0.4, -0.2) is 10.2 Å². The van der Waals surface area contributed by atoms with Gasteiger partial charge >= 0.3 is 0 Å². The van der Waals surface area contributed by atoms with Crippen LogP contribution in [0, 0.1) is 0 Å². The second-order valence-corrected chi connectivity index (χ2v) is 5.53. The van der Waals surface area contributed by atoms with Crippen molar-refractivity contribution in [2.24, 2.45) is 0 Å². The van der Waals surface area contributed by atoms with E-state index in [9.17, 15) is 10.2 Å². The topological polar surface area (TPSA) is 40.5 Å². The Balaban J connectivity index is 0.000000131. The molecule has 2 N–H and O–H groups in total. The predicted molar refractivity (Wildman–Crippen MR) is 91.0 cm³/mol. The molecule has 0 aliphatic heterocycles. The summed E-state index contributed by atoms with van der Waals surface area (Å²) >= 11 is 0. The summed E-state index contributed by atoms with van der Waals surface area (Å²) in [6.45, 7) is 0. The Hall–Kier alpha value is -2.48. The van der Waals surface area contributed by atoms with E-state index in [4.69, 9.17) is 0 Å². The van der Waals surface area contributed by atoms with Gasteiger partial charge in [-0.15, -0.1) is 0 Å². The Kier molecular flexibility index (Phi) is 4.29. The summed E-state index contributed by atoms with van der Waals surface area (Å²) in [7, 11) is 0. The number of benzene rings is 2. The Morgan fingerprint density at radius 3 is 1.36 bits per heavy atom. The van der Waals surface area contributed by atoms with Gasteiger partial charge in [0.2, 0.25) is 0 Å². The molecule has 0 aromatic heterocycles. The van der Waals surface area contributed by atoms with Gasteiger partial charge in [0.05, 0.1) is 0 Å². The third-order valence-corrected chi connectivity index (χ3v) is 3.99. The smallest absolute Gasteiger partial charge is 0.123 e. The molecule has 0 atom stereocenters. The summed E-state index contributed by atoms with van der Waals surface area (Å²) in [6, 6.07) is 11.3.